The first-order valence-electron chi connectivity index (χ1n) is 10.9. The van der Waals surface area contributed by atoms with Gasteiger partial charge in [-0.1, -0.05) is 18.2 Å². The number of ether oxygens (including phenoxy) is 3. The van der Waals surface area contributed by atoms with Gasteiger partial charge in [-0.2, -0.15) is 5.10 Å². The van der Waals surface area contributed by atoms with Crippen molar-refractivity contribution in [1.29, 1.82) is 0 Å². The minimum Gasteiger partial charge on any atom is -0.495 e. The van der Waals surface area contributed by atoms with E-state index < -0.39 is 0 Å². The lowest BCUT2D eigenvalue weighted by Crippen LogP contribution is -2.30. The first-order valence-corrected chi connectivity index (χ1v) is 11.3. The molecule has 1 aliphatic heterocycles. The Morgan fingerprint density at radius 1 is 1.14 bits per heavy atom. The van der Waals surface area contributed by atoms with Gasteiger partial charge in [0.25, 0.3) is 11.8 Å². The van der Waals surface area contributed by atoms with E-state index in [9.17, 15) is 9.59 Å². The maximum absolute atomic E-state index is 13.0. The van der Waals surface area contributed by atoms with E-state index in [4.69, 9.17) is 26.4 Å². The summed E-state index contributed by atoms with van der Waals surface area (Å²) in [5.41, 5.74) is 2.85. The lowest BCUT2D eigenvalue weighted by molar-refractivity contribution is -0.118. The molecule has 0 unspecified atom stereocenters. The Morgan fingerprint density at radius 2 is 1.89 bits per heavy atom. The van der Waals surface area contributed by atoms with Crippen LogP contribution in [0.1, 0.15) is 11.3 Å². The van der Waals surface area contributed by atoms with Gasteiger partial charge in [0.15, 0.2) is 23.2 Å². The van der Waals surface area contributed by atoms with Gasteiger partial charge in [0.2, 0.25) is 0 Å². The standard InChI is InChI=1S/C25H25N5O5S/c1-15-19(13-29(2)28-15)30-24(32)18(27-25(30)36)11-16-9-10-21(22(12-16)34-4)35-14-23(31)26-17-7-5-6-8-20(17)33-3/h5-13H,14H2,1-4H3,(H,26,31)(H,27,36)/b18-11+. The molecule has 0 atom stereocenters. The third-order valence-corrected chi connectivity index (χ3v) is 5.63. The number of nitrogens with zero attached hydrogens (tertiary/aromatic N) is 3. The van der Waals surface area contributed by atoms with E-state index in [1.165, 1.54) is 19.1 Å². The number of thiocarbonyl (C=S) groups is 1. The van der Waals surface area contributed by atoms with Gasteiger partial charge in [0, 0.05) is 13.2 Å². The van der Waals surface area contributed by atoms with Crippen LogP contribution in [0.2, 0.25) is 0 Å². The highest BCUT2D eigenvalue weighted by Crippen LogP contribution is 2.30. The largest absolute Gasteiger partial charge is 0.495 e. The van der Waals surface area contributed by atoms with E-state index in [2.05, 4.69) is 15.7 Å². The molecule has 0 radical (unpaired) electrons. The Hall–Kier alpha value is -4.38. The van der Waals surface area contributed by atoms with E-state index in [0.717, 1.165) is 0 Å². The zero-order chi connectivity index (χ0) is 25.8. The summed E-state index contributed by atoms with van der Waals surface area (Å²) in [6, 6.07) is 12.2. The van der Waals surface area contributed by atoms with E-state index >= 15 is 0 Å². The molecule has 11 heteroatoms. The minimum atomic E-state index is -0.354. The van der Waals surface area contributed by atoms with Crippen molar-refractivity contribution in [3.8, 4) is 17.2 Å². The molecule has 1 fully saturated rings. The molecule has 1 saturated heterocycles. The summed E-state index contributed by atoms with van der Waals surface area (Å²) in [6.45, 7) is 1.58. The molecule has 10 nitrogen and oxygen atoms in total. The molecule has 1 aromatic heterocycles. The van der Waals surface area contributed by atoms with Crippen LogP contribution in [0.15, 0.2) is 54.4 Å². The second-order valence-corrected chi connectivity index (χ2v) is 8.24. The summed E-state index contributed by atoms with van der Waals surface area (Å²) in [4.78, 5) is 26.8. The van der Waals surface area contributed by atoms with Crippen LogP contribution >= 0.6 is 12.2 Å². The summed E-state index contributed by atoms with van der Waals surface area (Å²) in [5, 5.41) is 10.3. The average Bonchev–Trinajstić information content (AvgIpc) is 3.33. The Kier molecular flexibility index (Phi) is 7.20. The molecular formula is C25H25N5O5S. The van der Waals surface area contributed by atoms with Crippen LogP contribution in [-0.2, 0) is 16.6 Å². The van der Waals surface area contributed by atoms with Crippen LogP contribution in [0.5, 0.6) is 17.2 Å². The third-order valence-electron chi connectivity index (χ3n) is 5.35. The molecule has 0 saturated carbocycles. The summed E-state index contributed by atoms with van der Waals surface area (Å²) in [6.07, 6.45) is 3.41. The van der Waals surface area contributed by atoms with Crippen LogP contribution in [-0.4, -0.2) is 47.5 Å². The zero-order valence-electron chi connectivity index (χ0n) is 20.2. The number of amides is 2. The van der Waals surface area contributed by atoms with E-state index in [-0.39, 0.29) is 23.5 Å². The number of nitrogens with one attached hydrogen (secondary N) is 2. The molecule has 2 N–H and O–H groups in total. The summed E-state index contributed by atoms with van der Waals surface area (Å²) in [7, 11) is 4.81. The predicted molar refractivity (Wildman–Crippen MR) is 139 cm³/mol. The fourth-order valence-corrected chi connectivity index (χ4v) is 3.99. The molecule has 4 rings (SSSR count). The van der Waals surface area contributed by atoms with Crippen LogP contribution in [0.25, 0.3) is 6.08 Å². The quantitative estimate of drug-likeness (QED) is 0.354. The number of methoxy groups -OCH3 is 2. The SMILES string of the molecule is COc1ccccc1NC(=O)COc1ccc(/C=C2/NC(=S)N(c3cn(C)nc3C)C2=O)cc1OC. The maximum Gasteiger partial charge on any atom is 0.281 e. The molecule has 0 spiro atoms. The number of hydrogen-bond donors (Lipinski definition) is 2. The van der Waals surface area contributed by atoms with E-state index in [1.807, 2.05) is 13.0 Å². The highest BCUT2D eigenvalue weighted by molar-refractivity contribution is 7.80. The van der Waals surface area contributed by atoms with Crippen molar-refractivity contribution in [1.82, 2.24) is 15.1 Å². The number of benzene rings is 2. The smallest absolute Gasteiger partial charge is 0.281 e. The van der Waals surface area contributed by atoms with Crippen molar-refractivity contribution in [3.05, 3.63) is 65.6 Å². The minimum absolute atomic E-state index is 0.234. The molecule has 3 aromatic rings. The van der Waals surface area contributed by atoms with Crippen molar-refractivity contribution in [3.63, 3.8) is 0 Å². The van der Waals surface area contributed by atoms with Crippen molar-refractivity contribution in [2.75, 3.05) is 31.0 Å². The topological polar surface area (TPSA) is 107 Å². The van der Waals surface area contributed by atoms with Gasteiger partial charge in [0.1, 0.15) is 11.4 Å². The molecule has 2 amide bonds. The Morgan fingerprint density at radius 3 is 2.58 bits per heavy atom. The van der Waals surface area contributed by atoms with Crippen molar-refractivity contribution < 1.29 is 23.8 Å². The average molecular weight is 508 g/mol. The van der Waals surface area contributed by atoms with Crippen molar-refractivity contribution >= 4 is 46.6 Å². The number of aromatic nitrogens is 2. The van der Waals surface area contributed by atoms with Gasteiger partial charge in [-0.15, -0.1) is 0 Å². The maximum atomic E-state index is 13.0. The monoisotopic (exact) mass is 507 g/mol. The molecule has 0 aliphatic carbocycles. The number of para-hydroxylation sites is 2. The highest BCUT2D eigenvalue weighted by atomic mass is 32.1. The normalized spacial score (nSPS) is 14.1. The lowest BCUT2D eigenvalue weighted by atomic mass is 10.1. The predicted octanol–water partition coefficient (Wildman–Crippen LogP) is 3.03. The first kappa shape index (κ1) is 24.7. The van der Waals surface area contributed by atoms with Crippen LogP contribution < -0.4 is 29.7 Å². The summed E-state index contributed by atoms with van der Waals surface area (Å²) in [5.74, 6) is 0.690. The lowest BCUT2D eigenvalue weighted by Gasteiger charge is -2.13. The highest BCUT2D eigenvalue weighted by Gasteiger charge is 2.34. The van der Waals surface area contributed by atoms with Gasteiger partial charge in [-0.25, -0.2) is 4.90 Å². The van der Waals surface area contributed by atoms with Gasteiger partial charge in [-0.3, -0.25) is 14.3 Å². The fourth-order valence-electron chi connectivity index (χ4n) is 3.70. The number of rotatable bonds is 8. The van der Waals surface area contributed by atoms with Crippen LogP contribution in [0.3, 0.4) is 0 Å². The van der Waals surface area contributed by atoms with Crippen molar-refractivity contribution in [2.24, 2.45) is 7.05 Å². The molecular weight excluding hydrogens is 482 g/mol. The first-order chi connectivity index (χ1) is 17.3. The number of carbonyl (C=O) groups is 2. The Labute approximate surface area is 213 Å². The second-order valence-electron chi connectivity index (χ2n) is 7.85. The summed E-state index contributed by atoms with van der Waals surface area (Å²) >= 11 is 5.38. The third kappa shape index (κ3) is 5.15. The molecule has 2 heterocycles. The number of hydrogen-bond acceptors (Lipinski definition) is 7. The van der Waals surface area contributed by atoms with Gasteiger partial charge in [-0.05, 0) is 55.0 Å². The fraction of sp³-hybridized carbons (Fsp3) is 0.200. The molecule has 36 heavy (non-hydrogen) atoms. The van der Waals surface area contributed by atoms with Crippen LogP contribution in [0, 0.1) is 6.92 Å². The zero-order valence-corrected chi connectivity index (χ0v) is 21.0. The molecule has 2 aromatic carbocycles. The number of carbonyl (C=O) groups excluding carboxylic acids is 2. The Balaban J connectivity index is 1.46. The van der Waals surface area contributed by atoms with E-state index in [0.29, 0.717) is 45.6 Å². The van der Waals surface area contributed by atoms with Gasteiger partial charge < -0.3 is 24.8 Å². The molecule has 186 valence electrons. The van der Waals surface area contributed by atoms with Gasteiger partial charge >= 0.3 is 0 Å². The van der Waals surface area contributed by atoms with Crippen LogP contribution in [0.4, 0.5) is 11.4 Å². The second kappa shape index (κ2) is 10.5. The summed E-state index contributed by atoms with van der Waals surface area (Å²) < 4.78 is 18.0. The van der Waals surface area contributed by atoms with Crippen molar-refractivity contribution in [2.45, 2.75) is 6.92 Å². The number of aryl methyl sites for hydroxylation is 2. The van der Waals surface area contributed by atoms with Gasteiger partial charge in [0.05, 0.1) is 31.3 Å². The van der Waals surface area contributed by atoms with E-state index in [1.54, 1.807) is 60.4 Å². The number of anilines is 2. The Bertz CT molecular complexity index is 1370. The molecule has 0 bridgehead atoms. The molecule has 1 aliphatic rings.